The molecule has 4 nitrogen and oxygen atoms in total. The minimum absolute atomic E-state index is 0.0871. The first-order chi connectivity index (χ1) is 8.70. The number of aromatic nitrogens is 1. The molecule has 0 aliphatic rings. The van der Waals surface area contributed by atoms with Crippen LogP contribution < -0.4 is 10.5 Å². The summed E-state index contributed by atoms with van der Waals surface area (Å²) in [7, 11) is 0. The smallest absolute Gasteiger partial charge is 0.221 e. The molecule has 0 saturated heterocycles. The third kappa shape index (κ3) is 2.78. The van der Waals surface area contributed by atoms with Gasteiger partial charge in [-0.1, -0.05) is 18.2 Å². The molecule has 1 aromatic carbocycles. The van der Waals surface area contributed by atoms with Gasteiger partial charge in [0.1, 0.15) is 5.75 Å². The van der Waals surface area contributed by atoms with Crippen molar-refractivity contribution in [1.82, 2.24) is 4.98 Å². The van der Waals surface area contributed by atoms with E-state index in [0.29, 0.717) is 23.7 Å². The third-order valence-electron chi connectivity index (χ3n) is 2.69. The first kappa shape index (κ1) is 12.4. The lowest BCUT2D eigenvalue weighted by atomic mass is 10.1. The molecule has 0 unspecified atom stereocenters. The van der Waals surface area contributed by atoms with Gasteiger partial charge in [0.2, 0.25) is 5.88 Å². The van der Waals surface area contributed by atoms with Crippen molar-refractivity contribution < 1.29 is 9.84 Å². The van der Waals surface area contributed by atoms with E-state index in [2.05, 4.69) is 4.98 Å². The van der Waals surface area contributed by atoms with Crippen molar-refractivity contribution in [3.05, 3.63) is 47.7 Å². The molecule has 0 fully saturated rings. The van der Waals surface area contributed by atoms with Gasteiger partial charge in [0.25, 0.3) is 0 Å². The molecule has 0 saturated carbocycles. The molecule has 94 valence electrons. The number of nitrogens with two attached hydrogens (primary N) is 1. The number of aliphatic hydroxyl groups is 1. The molecule has 0 atom stereocenters. The molecule has 18 heavy (non-hydrogen) atoms. The van der Waals surface area contributed by atoms with Gasteiger partial charge in [-0.25, -0.2) is 4.98 Å². The molecule has 1 aromatic heterocycles. The average molecular weight is 244 g/mol. The highest BCUT2D eigenvalue weighted by Crippen LogP contribution is 2.25. The number of para-hydroxylation sites is 1. The highest BCUT2D eigenvalue weighted by molar-refractivity contribution is 5.48. The molecule has 0 spiro atoms. The summed E-state index contributed by atoms with van der Waals surface area (Å²) in [5.74, 6) is 1.16. The van der Waals surface area contributed by atoms with E-state index in [-0.39, 0.29) is 6.61 Å². The van der Waals surface area contributed by atoms with Crippen molar-refractivity contribution in [3.8, 4) is 11.6 Å². The summed E-state index contributed by atoms with van der Waals surface area (Å²) in [4.78, 5) is 4.17. The Labute approximate surface area is 106 Å². The van der Waals surface area contributed by atoms with Gasteiger partial charge < -0.3 is 15.6 Å². The Balaban J connectivity index is 2.25. The van der Waals surface area contributed by atoms with E-state index in [1.807, 2.05) is 31.2 Å². The molecule has 2 aromatic rings. The summed E-state index contributed by atoms with van der Waals surface area (Å²) in [6.07, 6.45) is 2.23. The lowest BCUT2D eigenvalue weighted by Crippen LogP contribution is -1.97. The Morgan fingerprint density at radius 1 is 1.33 bits per heavy atom. The monoisotopic (exact) mass is 244 g/mol. The van der Waals surface area contributed by atoms with Crippen LogP contribution in [0.5, 0.6) is 11.6 Å². The van der Waals surface area contributed by atoms with E-state index in [1.165, 1.54) is 0 Å². The number of aryl methyl sites for hydroxylation is 1. The van der Waals surface area contributed by atoms with E-state index in [9.17, 15) is 0 Å². The van der Waals surface area contributed by atoms with Crippen LogP contribution in [-0.2, 0) is 6.42 Å². The third-order valence-corrected chi connectivity index (χ3v) is 2.69. The van der Waals surface area contributed by atoms with Crippen LogP contribution in [0.25, 0.3) is 0 Å². The van der Waals surface area contributed by atoms with Gasteiger partial charge in [0, 0.05) is 24.6 Å². The number of ether oxygens (including phenoxy) is 1. The molecular weight excluding hydrogens is 228 g/mol. The Morgan fingerprint density at radius 3 is 2.83 bits per heavy atom. The molecule has 3 N–H and O–H groups in total. The largest absolute Gasteiger partial charge is 0.439 e. The van der Waals surface area contributed by atoms with E-state index in [1.54, 1.807) is 12.3 Å². The summed E-state index contributed by atoms with van der Waals surface area (Å²) < 4.78 is 5.70. The van der Waals surface area contributed by atoms with Gasteiger partial charge in [0.15, 0.2) is 0 Å². The fourth-order valence-corrected chi connectivity index (χ4v) is 1.62. The molecule has 0 radical (unpaired) electrons. The van der Waals surface area contributed by atoms with Crippen LogP contribution in [0.4, 0.5) is 5.69 Å². The fraction of sp³-hybridized carbons (Fsp3) is 0.214. The summed E-state index contributed by atoms with van der Waals surface area (Å²) >= 11 is 0. The number of pyridine rings is 1. The molecule has 0 amide bonds. The average Bonchev–Trinajstić information content (AvgIpc) is 2.37. The number of nitrogen functional groups attached to an aromatic ring is 1. The van der Waals surface area contributed by atoms with Gasteiger partial charge in [0.05, 0.1) is 0 Å². The zero-order valence-electron chi connectivity index (χ0n) is 10.3. The zero-order valence-corrected chi connectivity index (χ0v) is 10.3. The van der Waals surface area contributed by atoms with Crippen molar-refractivity contribution in [3.63, 3.8) is 0 Å². The van der Waals surface area contributed by atoms with E-state index < -0.39 is 0 Å². The van der Waals surface area contributed by atoms with E-state index in [0.717, 1.165) is 11.1 Å². The predicted molar refractivity (Wildman–Crippen MR) is 70.7 cm³/mol. The maximum Gasteiger partial charge on any atom is 0.221 e. The minimum Gasteiger partial charge on any atom is -0.439 e. The summed E-state index contributed by atoms with van der Waals surface area (Å²) in [6, 6.07) is 9.26. The summed E-state index contributed by atoms with van der Waals surface area (Å²) in [5.41, 5.74) is 8.33. The van der Waals surface area contributed by atoms with Crippen LogP contribution in [0.1, 0.15) is 11.1 Å². The second kappa shape index (κ2) is 5.51. The van der Waals surface area contributed by atoms with Gasteiger partial charge in [-0.2, -0.15) is 0 Å². The van der Waals surface area contributed by atoms with Gasteiger partial charge in [-0.05, 0) is 30.5 Å². The standard InChI is InChI=1S/C14H16N2O2/c1-10-9-16-14(8-12(10)15)18-13-5-3-2-4-11(13)6-7-17/h2-5,8-9,17H,6-7H2,1H3,(H2,15,16). The predicted octanol–water partition coefficient (Wildman–Crippen LogP) is 2.30. The van der Waals surface area contributed by atoms with Gasteiger partial charge in [-0.3, -0.25) is 0 Å². The molecule has 0 aliphatic heterocycles. The zero-order chi connectivity index (χ0) is 13.0. The Hall–Kier alpha value is -2.07. The SMILES string of the molecule is Cc1cnc(Oc2ccccc2CCO)cc1N. The van der Waals surface area contributed by atoms with Crippen molar-refractivity contribution in [1.29, 1.82) is 0 Å². The topological polar surface area (TPSA) is 68.4 Å². The second-order valence-electron chi connectivity index (χ2n) is 4.06. The highest BCUT2D eigenvalue weighted by atomic mass is 16.5. The maximum atomic E-state index is 9.00. The lowest BCUT2D eigenvalue weighted by molar-refractivity contribution is 0.297. The first-order valence-electron chi connectivity index (χ1n) is 5.79. The molecule has 1 heterocycles. The molecule has 2 rings (SSSR count). The van der Waals surface area contributed by atoms with E-state index >= 15 is 0 Å². The lowest BCUT2D eigenvalue weighted by Gasteiger charge is -2.10. The molecule has 4 heteroatoms. The van der Waals surface area contributed by atoms with Crippen LogP contribution in [0.3, 0.4) is 0 Å². The molecular formula is C14H16N2O2. The van der Waals surface area contributed by atoms with Crippen LogP contribution in [-0.4, -0.2) is 16.7 Å². The number of nitrogens with zero attached hydrogens (tertiary/aromatic N) is 1. The molecule has 0 aliphatic carbocycles. The fourth-order valence-electron chi connectivity index (χ4n) is 1.62. The first-order valence-corrected chi connectivity index (χ1v) is 5.79. The van der Waals surface area contributed by atoms with Crippen LogP contribution in [0, 0.1) is 6.92 Å². The van der Waals surface area contributed by atoms with Gasteiger partial charge in [-0.15, -0.1) is 0 Å². The number of hydrogen-bond donors (Lipinski definition) is 2. The number of rotatable bonds is 4. The van der Waals surface area contributed by atoms with Crippen molar-refractivity contribution in [2.45, 2.75) is 13.3 Å². The minimum atomic E-state index is 0.0871. The van der Waals surface area contributed by atoms with Crippen molar-refractivity contribution in [2.75, 3.05) is 12.3 Å². The number of hydrogen-bond acceptors (Lipinski definition) is 4. The van der Waals surface area contributed by atoms with Crippen LogP contribution in [0.2, 0.25) is 0 Å². The summed E-state index contributed by atoms with van der Waals surface area (Å²) in [5, 5.41) is 9.00. The number of aliphatic hydroxyl groups excluding tert-OH is 1. The van der Waals surface area contributed by atoms with Crippen LogP contribution >= 0.6 is 0 Å². The number of benzene rings is 1. The maximum absolute atomic E-state index is 9.00. The van der Waals surface area contributed by atoms with Crippen LogP contribution in [0.15, 0.2) is 36.5 Å². The summed E-state index contributed by atoms with van der Waals surface area (Å²) in [6.45, 7) is 1.98. The van der Waals surface area contributed by atoms with Gasteiger partial charge >= 0.3 is 0 Å². The Kier molecular flexibility index (Phi) is 3.79. The Morgan fingerprint density at radius 2 is 2.11 bits per heavy atom. The quantitative estimate of drug-likeness (QED) is 0.866. The normalized spacial score (nSPS) is 10.3. The second-order valence-corrected chi connectivity index (χ2v) is 4.06. The van der Waals surface area contributed by atoms with E-state index in [4.69, 9.17) is 15.6 Å². The molecule has 0 bridgehead atoms. The number of anilines is 1. The van der Waals surface area contributed by atoms with Crippen molar-refractivity contribution >= 4 is 5.69 Å². The van der Waals surface area contributed by atoms with Crippen molar-refractivity contribution in [2.24, 2.45) is 0 Å². The highest BCUT2D eigenvalue weighted by Gasteiger charge is 2.05. The Bertz CT molecular complexity index is 541.